The quantitative estimate of drug-likeness (QED) is 0.571. The minimum Gasteiger partial charge on any atom is -0.497 e. The second-order valence-corrected chi connectivity index (χ2v) is 5.57. The lowest BCUT2D eigenvalue weighted by Crippen LogP contribution is -1.90. The van der Waals surface area contributed by atoms with Crippen LogP contribution < -0.4 is 10.5 Å². The van der Waals surface area contributed by atoms with Crippen LogP contribution in [0.3, 0.4) is 0 Å². The highest BCUT2D eigenvalue weighted by atomic mass is 32.2. The molecule has 0 amide bonds. The van der Waals surface area contributed by atoms with Crippen molar-refractivity contribution in [2.75, 3.05) is 12.8 Å². The summed E-state index contributed by atoms with van der Waals surface area (Å²) in [6.07, 6.45) is 0. The zero-order chi connectivity index (χ0) is 14.8. The zero-order valence-corrected chi connectivity index (χ0v) is 12.2. The van der Waals surface area contributed by atoms with Crippen molar-refractivity contribution in [1.82, 2.24) is 9.97 Å². The highest BCUT2D eigenvalue weighted by Gasteiger charge is 2.06. The molecule has 6 heteroatoms. The smallest absolute Gasteiger partial charge is 0.166 e. The summed E-state index contributed by atoms with van der Waals surface area (Å²) in [5.74, 6) is 1.05. The van der Waals surface area contributed by atoms with Gasteiger partial charge in [-0.05, 0) is 35.9 Å². The van der Waals surface area contributed by atoms with Crippen LogP contribution in [-0.4, -0.2) is 17.1 Å². The van der Waals surface area contributed by atoms with Gasteiger partial charge in [0.1, 0.15) is 11.6 Å². The van der Waals surface area contributed by atoms with E-state index in [9.17, 15) is 4.39 Å². The number of hydrogen-bond acceptors (Lipinski definition) is 4. The van der Waals surface area contributed by atoms with Gasteiger partial charge in [-0.1, -0.05) is 11.8 Å². The first kappa shape index (κ1) is 13.8. The summed E-state index contributed by atoms with van der Waals surface area (Å²) < 4.78 is 18.5. The molecule has 1 aromatic heterocycles. The normalized spacial score (nSPS) is 11.0. The van der Waals surface area contributed by atoms with Crippen molar-refractivity contribution >= 4 is 28.5 Å². The molecule has 0 saturated heterocycles. The second kappa shape index (κ2) is 5.65. The molecule has 0 atom stereocenters. The summed E-state index contributed by atoms with van der Waals surface area (Å²) in [7, 11) is 1.63. The average molecular weight is 303 g/mol. The van der Waals surface area contributed by atoms with Gasteiger partial charge < -0.3 is 15.5 Å². The maximum atomic E-state index is 13.3. The van der Waals surface area contributed by atoms with Gasteiger partial charge in [0.25, 0.3) is 0 Å². The Morgan fingerprint density at radius 1 is 1.29 bits per heavy atom. The number of aromatic amines is 1. The van der Waals surface area contributed by atoms with Gasteiger partial charge in [-0.3, -0.25) is 0 Å². The van der Waals surface area contributed by atoms with E-state index in [1.165, 1.54) is 23.9 Å². The monoisotopic (exact) mass is 303 g/mol. The number of thioether (sulfide) groups is 1. The van der Waals surface area contributed by atoms with E-state index in [0.717, 1.165) is 27.5 Å². The molecule has 3 rings (SSSR count). The Balaban J connectivity index is 1.78. The van der Waals surface area contributed by atoms with E-state index in [2.05, 4.69) is 9.97 Å². The minimum atomic E-state index is -0.319. The number of hydrogen-bond donors (Lipinski definition) is 2. The van der Waals surface area contributed by atoms with Gasteiger partial charge in [0, 0.05) is 17.5 Å². The van der Waals surface area contributed by atoms with E-state index in [0.29, 0.717) is 11.4 Å². The van der Waals surface area contributed by atoms with Crippen LogP contribution in [0.4, 0.5) is 10.1 Å². The van der Waals surface area contributed by atoms with Crippen LogP contribution in [0.5, 0.6) is 5.75 Å². The van der Waals surface area contributed by atoms with Gasteiger partial charge >= 0.3 is 0 Å². The number of benzene rings is 2. The van der Waals surface area contributed by atoms with Crippen LogP contribution in [-0.2, 0) is 5.75 Å². The number of fused-ring (bicyclic) bond motifs is 1. The molecule has 4 nitrogen and oxygen atoms in total. The fourth-order valence-electron chi connectivity index (χ4n) is 2.07. The Morgan fingerprint density at radius 3 is 2.90 bits per heavy atom. The van der Waals surface area contributed by atoms with Gasteiger partial charge in [-0.15, -0.1) is 0 Å². The molecule has 3 N–H and O–H groups in total. The molecule has 2 aromatic carbocycles. The summed E-state index contributed by atoms with van der Waals surface area (Å²) >= 11 is 1.50. The molecule has 108 valence electrons. The minimum absolute atomic E-state index is 0.319. The molecule has 0 bridgehead atoms. The van der Waals surface area contributed by atoms with E-state index >= 15 is 0 Å². The van der Waals surface area contributed by atoms with Crippen LogP contribution in [0.1, 0.15) is 5.56 Å². The second-order valence-electron chi connectivity index (χ2n) is 4.61. The molecule has 0 aliphatic carbocycles. The molecule has 0 radical (unpaired) electrons. The third-order valence-electron chi connectivity index (χ3n) is 3.02. The summed E-state index contributed by atoms with van der Waals surface area (Å²) in [6, 6.07) is 10.2. The number of anilines is 1. The van der Waals surface area contributed by atoms with Crippen molar-refractivity contribution in [3.05, 3.63) is 47.8 Å². The number of imidazole rings is 1. The van der Waals surface area contributed by atoms with Gasteiger partial charge in [0.05, 0.1) is 18.1 Å². The Labute approximate surface area is 125 Å². The van der Waals surface area contributed by atoms with Gasteiger partial charge in [-0.2, -0.15) is 0 Å². The van der Waals surface area contributed by atoms with E-state index < -0.39 is 0 Å². The van der Waals surface area contributed by atoms with Crippen LogP contribution in [0.2, 0.25) is 0 Å². The molecule has 0 fully saturated rings. The van der Waals surface area contributed by atoms with Crippen molar-refractivity contribution in [2.45, 2.75) is 10.9 Å². The number of nitrogens with two attached hydrogens (primary N) is 1. The number of H-pyrrole nitrogens is 1. The SMILES string of the molecule is COc1ccc2nc(SCc3cc(N)cc(F)c3)[nH]c2c1. The summed E-state index contributed by atoms with van der Waals surface area (Å²) in [6.45, 7) is 0. The zero-order valence-electron chi connectivity index (χ0n) is 11.4. The lowest BCUT2D eigenvalue weighted by Gasteiger charge is -2.01. The number of halogens is 1. The van der Waals surface area contributed by atoms with E-state index in [-0.39, 0.29) is 5.82 Å². The number of rotatable bonds is 4. The summed E-state index contributed by atoms with van der Waals surface area (Å²) in [4.78, 5) is 7.69. The average Bonchev–Trinajstić information content (AvgIpc) is 2.85. The van der Waals surface area contributed by atoms with Crippen LogP contribution in [0.15, 0.2) is 41.6 Å². The first-order valence-corrected chi connectivity index (χ1v) is 7.34. The molecular weight excluding hydrogens is 289 g/mol. The highest BCUT2D eigenvalue weighted by molar-refractivity contribution is 7.98. The number of aromatic nitrogens is 2. The molecule has 1 heterocycles. The lowest BCUT2D eigenvalue weighted by molar-refractivity contribution is 0.415. The molecule has 3 aromatic rings. The number of ether oxygens (including phenoxy) is 1. The standard InChI is InChI=1S/C15H14FN3OS/c1-20-12-2-3-13-14(7-12)19-15(18-13)21-8-9-4-10(16)6-11(17)5-9/h2-7H,8,17H2,1H3,(H,18,19). The maximum absolute atomic E-state index is 13.3. The fraction of sp³-hybridized carbons (Fsp3) is 0.133. The highest BCUT2D eigenvalue weighted by Crippen LogP contribution is 2.26. The summed E-state index contributed by atoms with van der Waals surface area (Å²) in [5, 5.41) is 0.779. The van der Waals surface area contributed by atoms with E-state index in [1.807, 2.05) is 18.2 Å². The summed E-state index contributed by atoms with van der Waals surface area (Å²) in [5.41, 5.74) is 8.68. The number of nitrogens with zero attached hydrogens (tertiary/aromatic N) is 1. The predicted octanol–water partition coefficient (Wildman–Crippen LogP) is 3.59. The molecule has 0 unspecified atom stereocenters. The lowest BCUT2D eigenvalue weighted by atomic mass is 10.2. The van der Waals surface area contributed by atoms with Crippen molar-refractivity contribution < 1.29 is 9.13 Å². The van der Waals surface area contributed by atoms with Crippen molar-refractivity contribution in [3.8, 4) is 5.75 Å². The van der Waals surface area contributed by atoms with Crippen molar-refractivity contribution in [3.63, 3.8) is 0 Å². The molecule has 0 aliphatic rings. The van der Waals surface area contributed by atoms with Crippen LogP contribution in [0.25, 0.3) is 11.0 Å². The maximum Gasteiger partial charge on any atom is 0.166 e. The number of methoxy groups -OCH3 is 1. The first-order chi connectivity index (χ1) is 10.1. The number of nitrogen functional groups attached to an aromatic ring is 1. The largest absolute Gasteiger partial charge is 0.497 e. The Kier molecular flexibility index (Phi) is 3.70. The van der Waals surface area contributed by atoms with Crippen molar-refractivity contribution in [1.29, 1.82) is 0 Å². The third-order valence-corrected chi connectivity index (χ3v) is 3.97. The third kappa shape index (κ3) is 3.11. The molecule has 0 saturated carbocycles. The topological polar surface area (TPSA) is 63.9 Å². The Hall–Kier alpha value is -2.21. The van der Waals surface area contributed by atoms with Gasteiger partial charge in [-0.25, -0.2) is 9.37 Å². The van der Waals surface area contributed by atoms with E-state index in [4.69, 9.17) is 10.5 Å². The predicted molar refractivity (Wildman–Crippen MR) is 83.0 cm³/mol. The number of nitrogens with one attached hydrogen (secondary N) is 1. The molecule has 0 spiro atoms. The van der Waals surface area contributed by atoms with Crippen LogP contribution in [0, 0.1) is 5.82 Å². The fourth-order valence-corrected chi connectivity index (χ4v) is 2.89. The van der Waals surface area contributed by atoms with Gasteiger partial charge in [0.15, 0.2) is 5.16 Å². The molecular formula is C15H14FN3OS. The van der Waals surface area contributed by atoms with Crippen molar-refractivity contribution in [2.24, 2.45) is 0 Å². The Morgan fingerprint density at radius 2 is 2.14 bits per heavy atom. The van der Waals surface area contributed by atoms with Gasteiger partial charge in [0.2, 0.25) is 0 Å². The van der Waals surface area contributed by atoms with Crippen LogP contribution >= 0.6 is 11.8 Å². The Bertz CT molecular complexity index is 767. The molecule has 21 heavy (non-hydrogen) atoms. The van der Waals surface area contributed by atoms with E-state index in [1.54, 1.807) is 13.2 Å². The molecule has 0 aliphatic heterocycles. The first-order valence-electron chi connectivity index (χ1n) is 6.35.